The van der Waals surface area contributed by atoms with E-state index >= 15 is 0 Å². The van der Waals surface area contributed by atoms with Crippen LogP contribution in [0.15, 0.2) is 6.33 Å². The van der Waals surface area contributed by atoms with Crippen LogP contribution in [0.25, 0.3) is 0 Å². The van der Waals surface area contributed by atoms with Gasteiger partial charge in [-0.25, -0.2) is 4.98 Å². The quantitative estimate of drug-likeness (QED) is 0.772. The van der Waals surface area contributed by atoms with Crippen LogP contribution in [-0.4, -0.2) is 9.55 Å². The van der Waals surface area contributed by atoms with Gasteiger partial charge in [0.1, 0.15) is 0 Å². The third-order valence-electron chi connectivity index (χ3n) is 5.62. The molecule has 0 radical (unpaired) electrons. The van der Waals surface area contributed by atoms with Gasteiger partial charge in [-0.3, -0.25) is 0 Å². The number of imidazole rings is 1. The van der Waals surface area contributed by atoms with Gasteiger partial charge in [0.2, 0.25) is 0 Å². The Labute approximate surface area is 128 Å². The Bertz CT molecular complexity index is 544. The maximum atomic E-state index is 9.57. The van der Waals surface area contributed by atoms with Crippen LogP contribution >= 0.6 is 0 Å². The van der Waals surface area contributed by atoms with Crippen LogP contribution in [0.5, 0.6) is 0 Å². The summed E-state index contributed by atoms with van der Waals surface area (Å²) in [6.07, 6.45) is 10.2. The molecule has 3 nitrogen and oxygen atoms in total. The molecule has 2 aliphatic rings. The topological polar surface area (TPSA) is 41.6 Å². The highest BCUT2D eigenvalue weighted by molar-refractivity contribution is 5.18. The Morgan fingerprint density at radius 1 is 1.24 bits per heavy atom. The lowest BCUT2D eigenvalue weighted by Gasteiger charge is -2.40. The van der Waals surface area contributed by atoms with Crippen molar-refractivity contribution >= 4 is 0 Å². The van der Waals surface area contributed by atoms with E-state index in [2.05, 4.69) is 36.4 Å². The van der Waals surface area contributed by atoms with Gasteiger partial charge in [-0.15, -0.1) is 0 Å². The number of rotatable bonds is 1. The van der Waals surface area contributed by atoms with E-state index < -0.39 is 0 Å². The largest absolute Gasteiger partial charge is 0.330 e. The zero-order valence-corrected chi connectivity index (χ0v) is 13.6. The normalized spacial score (nSPS) is 29.7. The van der Waals surface area contributed by atoms with Crippen molar-refractivity contribution < 1.29 is 0 Å². The third kappa shape index (κ3) is 2.73. The molecule has 0 aliphatic heterocycles. The molecule has 114 valence electrons. The lowest BCUT2D eigenvalue weighted by Crippen LogP contribution is -2.33. The summed E-state index contributed by atoms with van der Waals surface area (Å²) in [6.45, 7) is 7.01. The molecule has 1 aromatic heterocycles. The smallest absolute Gasteiger partial charge is 0.0954 e. The monoisotopic (exact) mass is 285 g/mol. The molecule has 0 N–H and O–H groups in total. The third-order valence-corrected chi connectivity index (χ3v) is 5.62. The number of hydrogen-bond donors (Lipinski definition) is 0. The Kier molecular flexibility index (Phi) is 3.82. The van der Waals surface area contributed by atoms with E-state index in [0.29, 0.717) is 17.4 Å². The number of aromatic nitrogens is 2. The zero-order chi connectivity index (χ0) is 15.0. The molecular weight excluding hydrogens is 258 g/mol. The standard InChI is InChI=1S/C18H27N3/c1-18(2,3)14-9-8-13(11-19)17(10-14)21-12-20-15-6-4-5-7-16(15)21/h12-14,17H,4-10H2,1-3H3. The summed E-state index contributed by atoms with van der Waals surface area (Å²) < 4.78 is 2.38. The van der Waals surface area contributed by atoms with Gasteiger partial charge in [0.25, 0.3) is 0 Å². The van der Waals surface area contributed by atoms with Crippen molar-refractivity contribution in [2.75, 3.05) is 0 Å². The summed E-state index contributed by atoms with van der Waals surface area (Å²) in [7, 11) is 0. The molecule has 0 saturated heterocycles. The van der Waals surface area contributed by atoms with Gasteiger partial charge in [-0.05, 0) is 56.3 Å². The molecule has 2 aliphatic carbocycles. The van der Waals surface area contributed by atoms with Gasteiger partial charge < -0.3 is 4.57 Å². The summed E-state index contributed by atoms with van der Waals surface area (Å²) in [5.74, 6) is 0.859. The first kappa shape index (κ1) is 14.6. The number of hydrogen-bond acceptors (Lipinski definition) is 2. The zero-order valence-electron chi connectivity index (χ0n) is 13.6. The predicted octanol–water partition coefficient (Wildman–Crippen LogP) is 4.29. The Balaban J connectivity index is 1.90. The molecular formula is C18H27N3. The first-order valence-electron chi connectivity index (χ1n) is 8.45. The van der Waals surface area contributed by atoms with E-state index in [4.69, 9.17) is 0 Å². The molecule has 21 heavy (non-hydrogen) atoms. The summed E-state index contributed by atoms with van der Waals surface area (Å²) in [5.41, 5.74) is 3.04. The highest BCUT2D eigenvalue weighted by Crippen LogP contribution is 2.45. The summed E-state index contributed by atoms with van der Waals surface area (Å²) in [6, 6.07) is 2.91. The van der Waals surface area contributed by atoms with Gasteiger partial charge in [0.15, 0.2) is 0 Å². The molecule has 1 heterocycles. The second kappa shape index (κ2) is 5.48. The minimum absolute atomic E-state index is 0.156. The lowest BCUT2D eigenvalue weighted by atomic mass is 9.68. The van der Waals surface area contributed by atoms with E-state index in [-0.39, 0.29) is 5.92 Å². The maximum Gasteiger partial charge on any atom is 0.0954 e. The number of nitriles is 1. The van der Waals surface area contributed by atoms with Crippen LogP contribution in [-0.2, 0) is 12.8 Å². The SMILES string of the molecule is CC(C)(C)C1CCC(C#N)C(n2cnc3c2CCCC3)C1. The van der Waals surface area contributed by atoms with E-state index in [1.165, 1.54) is 30.7 Å². The fraction of sp³-hybridized carbons (Fsp3) is 0.778. The second-order valence-corrected chi connectivity index (χ2v) is 7.93. The molecule has 3 atom stereocenters. The fourth-order valence-corrected chi connectivity index (χ4v) is 4.17. The number of nitrogens with zero attached hydrogens (tertiary/aromatic N) is 3. The average molecular weight is 285 g/mol. The molecule has 3 heteroatoms. The Hall–Kier alpha value is -1.30. The van der Waals surface area contributed by atoms with E-state index in [1.54, 1.807) is 0 Å². The summed E-state index contributed by atoms with van der Waals surface area (Å²) in [4.78, 5) is 4.64. The molecule has 0 aromatic carbocycles. The first-order valence-corrected chi connectivity index (χ1v) is 8.45. The van der Waals surface area contributed by atoms with Crippen molar-refractivity contribution in [3.05, 3.63) is 17.7 Å². The van der Waals surface area contributed by atoms with Gasteiger partial charge >= 0.3 is 0 Å². The van der Waals surface area contributed by atoms with Crippen LogP contribution in [0, 0.1) is 28.6 Å². The van der Waals surface area contributed by atoms with Crippen molar-refractivity contribution in [2.45, 2.75) is 71.8 Å². The minimum Gasteiger partial charge on any atom is -0.330 e. The second-order valence-electron chi connectivity index (χ2n) is 7.93. The van der Waals surface area contributed by atoms with Crippen LogP contribution in [0.4, 0.5) is 0 Å². The molecule has 1 saturated carbocycles. The van der Waals surface area contributed by atoms with Gasteiger partial charge in [0.05, 0.1) is 30.1 Å². The number of fused-ring (bicyclic) bond motifs is 1. The highest BCUT2D eigenvalue weighted by atomic mass is 15.1. The molecule has 3 unspecified atom stereocenters. The summed E-state index contributed by atoms with van der Waals surface area (Å²) in [5, 5.41) is 9.57. The fourth-order valence-electron chi connectivity index (χ4n) is 4.17. The van der Waals surface area contributed by atoms with E-state index in [1.807, 2.05) is 6.33 Å². The van der Waals surface area contributed by atoms with Gasteiger partial charge in [-0.1, -0.05) is 20.8 Å². The molecule has 1 aromatic rings. The first-order chi connectivity index (χ1) is 10.0. The number of aryl methyl sites for hydroxylation is 1. The summed E-state index contributed by atoms with van der Waals surface area (Å²) >= 11 is 0. The average Bonchev–Trinajstić information content (AvgIpc) is 2.89. The Morgan fingerprint density at radius 3 is 2.71 bits per heavy atom. The molecule has 3 rings (SSSR count). The van der Waals surface area contributed by atoms with E-state index in [0.717, 1.165) is 25.7 Å². The van der Waals surface area contributed by atoms with Crippen molar-refractivity contribution in [1.82, 2.24) is 9.55 Å². The molecule has 0 spiro atoms. The van der Waals surface area contributed by atoms with Crippen LogP contribution in [0.3, 0.4) is 0 Å². The van der Waals surface area contributed by atoms with E-state index in [9.17, 15) is 5.26 Å². The molecule has 1 fully saturated rings. The molecule has 0 bridgehead atoms. The molecule has 0 amide bonds. The predicted molar refractivity (Wildman–Crippen MR) is 83.8 cm³/mol. The highest BCUT2D eigenvalue weighted by Gasteiger charge is 2.37. The van der Waals surface area contributed by atoms with Crippen molar-refractivity contribution in [2.24, 2.45) is 17.3 Å². The van der Waals surface area contributed by atoms with Crippen LogP contribution in [0.2, 0.25) is 0 Å². The van der Waals surface area contributed by atoms with Crippen LogP contribution < -0.4 is 0 Å². The lowest BCUT2D eigenvalue weighted by molar-refractivity contribution is 0.120. The van der Waals surface area contributed by atoms with Crippen molar-refractivity contribution in [1.29, 1.82) is 5.26 Å². The Morgan fingerprint density at radius 2 is 2.00 bits per heavy atom. The minimum atomic E-state index is 0.156. The van der Waals surface area contributed by atoms with Crippen molar-refractivity contribution in [3.8, 4) is 6.07 Å². The maximum absolute atomic E-state index is 9.57. The van der Waals surface area contributed by atoms with Gasteiger partial charge in [-0.2, -0.15) is 5.26 Å². The van der Waals surface area contributed by atoms with Gasteiger partial charge in [0, 0.05) is 5.69 Å². The van der Waals surface area contributed by atoms with Crippen molar-refractivity contribution in [3.63, 3.8) is 0 Å². The van der Waals surface area contributed by atoms with Crippen LogP contribution in [0.1, 0.15) is 70.3 Å².